The summed E-state index contributed by atoms with van der Waals surface area (Å²) in [5.74, 6) is 1.41. The molecule has 2 aromatic rings. The molecule has 178 valence electrons. The molecule has 0 atom stereocenters. The first kappa shape index (κ1) is 23.8. The van der Waals surface area contributed by atoms with Crippen molar-refractivity contribution in [2.75, 3.05) is 53.5 Å². The Morgan fingerprint density at radius 1 is 0.939 bits per heavy atom. The van der Waals surface area contributed by atoms with Crippen LogP contribution >= 0.6 is 11.6 Å². The SMILES string of the molecule is COc1cc2c(cc1OC)CN(CC(=O)N1CCN(S(=O)(=O)c3ccc(Cl)cc3)CC1)CC2. The van der Waals surface area contributed by atoms with Crippen molar-refractivity contribution in [1.82, 2.24) is 14.1 Å². The minimum Gasteiger partial charge on any atom is -0.493 e. The summed E-state index contributed by atoms with van der Waals surface area (Å²) in [4.78, 5) is 17.0. The molecular weight excluding hydrogens is 466 g/mol. The van der Waals surface area contributed by atoms with Crippen LogP contribution < -0.4 is 9.47 Å². The number of amides is 1. The molecule has 0 spiro atoms. The van der Waals surface area contributed by atoms with Crippen molar-refractivity contribution in [1.29, 1.82) is 0 Å². The summed E-state index contributed by atoms with van der Waals surface area (Å²) in [6.45, 7) is 3.04. The highest BCUT2D eigenvalue weighted by Gasteiger charge is 2.31. The van der Waals surface area contributed by atoms with Crippen LogP contribution in [0.1, 0.15) is 11.1 Å². The number of halogens is 1. The van der Waals surface area contributed by atoms with Crippen LogP contribution in [0.2, 0.25) is 5.02 Å². The number of hydrogen-bond acceptors (Lipinski definition) is 6. The van der Waals surface area contributed by atoms with E-state index in [1.165, 1.54) is 22.0 Å². The van der Waals surface area contributed by atoms with Gasteiger partial charge in [-0.05, 0) is 53.9 Å². The predicted octanol–water partition coefficient (Wildman–Crippen LogP) is 2.25. The summed E-state index contributed by atoms with van der Waals surface area (Å²) in [6, 6.07) is 10.1. The zero-order valence-corrected chi connectivity index (χ0v) is 20.4. The Morgan fingerprint density at radius 2 is 1.55 bits per heavy atom. The van der Waals surface area contributed by atoms with Gasteiger partial charge < -0.3 is 14.4 Å². The summed E-state index contributed by atoms with van der Waals surface area (Å²) in [7, 11) is -0.361. The molecule has 0 aliphatic carbocycles. The molecule has 0 saturated carbocycles. The zero-order valence-electron chi connectivity index (χ0n) is 18.8. The zero-order chi connectivity index (χ0) is 23.6. The molecule has 2 aromatic carbocycles. The highest BCUT2D eigenvalue weighted by atomic mass is 35.5. The first-order valence-electron chi connectivity index (χ1n) is 10.8. The molecule has 4 rings (SSSR count). The number of piperazine rings is 1. The first-order valence-corrected chi connectivity index (χ1v) is 12.6. The highest BCUT2D eigenvalue weighted by Crippen LogP contribution is 2.33. The van der Waals surface area contributed by atoms with E-state index in [4.69, 9.17) is 21.1 Å². The van der Waals surface area contributed by atoms with E-state index in [1.54, 1.807) is 31.3 Å². The van der Waals surface area contributed by atoms with Crippen molar-refractivity contribution in [3.63, 3.8) is 0 Å². The third-order valence-corrected chi connectivity index (χ3v) is 8.36. The lowest BCUT2D eigenvalue weighted by atomic mass is 9.99. The molecule has 0 aromatic heterocycles. The largest absolute Gasteiger partial charge is 0.493 e. The molecule has 0 unspecified atom stereocenters. The van der Waals surface area contributed by atoms with Gasteiger partial charge in [-0.3, -0.25) is 9.69 Å². The number of fused-ring (bicyclic) bond motifs is 1. The maximum absolute atomic E-state index is 12.9. The Balaban J connectivity index is 1.34. The molecule has 1 fully saturated rings. The van der Waals surface area contributed by atoms with E-state index >= 15 is 0 Å². The van der Waals surface area contributed by atoms with E-state index in [9.17, 15) is 13.2 Å². The fourth-order valence-corrected chi connectivity index (χ4v) is 5.85. The van der Waals surface area contributed by atoms with Gasteiger partial charge in [-0.15, -0.1) is 0 Å². The molecule has 2 aliphatic heterocycles. The predicted molar refractivity (Wildman–Crippen MR) is 125 cm³/mol. The number of nitrogens with zero attached hydrogens (tertiary/aromatic N) is 3. The van der Waals surface area contributed by atoms with Crippen LogP contribution in [0.3, 0.4) is 0 Å². The van der Waals surface area contributed by atoms with Gasteiger partial charge in [-0.2, -0.15) is 4.31 Å². The number of carbonyl (C=O) groups is 1. The lowest BCUT2D eigenvalue weighted by molar-refractivity contribution is -0.133. The quantitative estimate of drug-likeness (QED) is 0.614. The normalized spacial score (nSPS) is 17.5. The second-order valence-electron chi connectivity index (χ2n) is 8.18. The van der Waals surface area contributed by atoms with Crippen molar-refractivity contribution in [3.8, 4) is 11.5 Å². The molecule has 2 aliphatic rings. The van der Waals surface area contributed by atoms with Crippen molar-refractivity contribution >= 4 is 27.5 Å². The average molecular weight is 494 g/mol. The van der Waals surface area contributed by atoms with Crippen LogP contribution in [0, 0.1) is 0 Å². The highest BCUT2D eigenvalue weighted by molar-refractivity contribution is 7.89. The van der Waals surface area contributed by atoms with Crippen molar-refractivity contribution < 1.29 is 22.7 Å². The number of rotatable bonds is 6. The Labute approximate surface area is 199 Å². The number of hydrogen-bond donors (Lipinski definition) is 0. The van der Waals surface area contributed by atoms with E-state index < -0.39 is 10.0 Å². The maximum Gasteiger partial charge on any atom is 0.243 e. The average Bonchev–Trinajstić information content (AvgIpc) is 2.83. The topological polar surface area (TPSA) is 79.4 Å². The van der Waals surface area contributed by atoms with Gasteiger partial charge in [-0.25, -0.2) is 8.42 Å². The molecule has 33 heavy (non-hydrogen) atoms. The van der Waals surface area contributed by atoms with Gasteiger partial charge in [0.05, 0.1) is 25.7 Å². The van der Waals surface area contributed by atoms with Crippen LogP contribution in [0.25, 0.3) is 0 Å². The van der Waals surface area contributed by atoms with E-state index in [1.807, 2.05) is 12.1 Å². The van der Waals surface area contributed by atoms with Gasteiger partial charge >= 0.3 is 0 Å². The number of carbonyl (C=O) groups excluding carboxylic acids is 1. The minimum atomic E-state index is -3.60. The summed E-state index contributed by atoms with van der Waals surface area (Å²) in [5.41, 5.74) is 2.34. The molecular formula is C23H28ClN3O5S. The minimum absolute atomic E-state index is 0.0162. The summed E-state index contributed by atoms with van der Waals surface area (Å²) in [6.07, 6.45) is 0.829. The molecule has 1 amide bonds. The molecule has 1 saturated heterocycles. The summed E-state index contributed by atoms with van der Waals surface area (Å²) >= 11 is 5.87. The fraction of sp³-hybridized carbons (Fsp3) is 0.435. The molecule has 2 heterocycles. The second kappa shape index (κ2) is 9.89. The van der Waals surface area contributed by atoms with Crippen LogP contribution in [-0.4, -0.2) is 81.9 Å². The molecule has 0 N–H and O–H groups in total. The maximum atomic E-state index is 12.9. The van der Waals surface area contributed by atoms with Crippen molar-refractivity contribution in [3.05, 3.63) is 52.5 Å². The Morgan fingerprint density at radius 3 is 2.15 bits per heavy atom. The Bertz CT molecular complexity index is 1120. The van der Waals surface area contributed by atoms with Crippen LogP contribution in [0.15, 0.2) is 41.3 Å². The van der Waals surface area contributed by atoms with Gasteiger partial charge in [0.1, 0.15) is 0 Å². The second-order valence-corrected chi connectivity index (χ2v) is 10.5. The third kappa shape index (κ3) is 5.11. The molecule has 10 heteroatoms. The van der Waals surface area contributed by atoms with Crippen molar-refractivity contribution in [2.45, 2.75) is 17.9 Å². The summed E-state index contributed by atoms with van der Waals surface area (Å²) < 4.78 is 37.9. The van der Waals surface area contributed by atoms with Gasteiger partial charge in [0.25, 0.3) is 0 Å². The fourth-order valence-electron chi connectivity index (χ4n) is 4.30. The van der Waals surface area contributed by atoms with E-state index in [2.05, 4.69) is 4.90 Å². The Hall–Kier alpha value is -2.33. The van der Waals surface area contributed by atoms with Gasteiger partial charge in [0.15, 0.2) is 11.5 Å². The third-order valence-electron chi connectivity index (χ3n) is 6.20. The molecule has 8 nitrogen and oxygen atoms in total. The Kier molecular flexibility index (Phi) is 7.13. The lowest BCUT2D eigenvalue weighted by Crippen LogP contribution is -2.52. The molecule has 0 radical (unpaired) electrons. The van der Waals surface area contributed by atoms with E-state index in [0.29, 0.717) is 42.7 Å². The van der Waals surface area contributed by atoms with Crippen LogP contribution in [-0.2, 0) is 27.8 Å². The molecule has 0 bridgehead atoms. The number of benzene rings is 2. The lowest BCUT2D eigenvalue weighted by Gasteiger charge is -2.36. The van der Waals surface area contributed by atoms with Gasteiger partial charge in [-0.1, -0.05) is 11.6 Å². The van der Waals surface area contributed by atoms with Gasteiger partial charge in [0.2, 0.25) is 15.9 Å². The van der Waals surface area contributed by atoms with Gasteiger partial charge in [0, 0.05) is 44.3 Å². The van der Waals surface area contributed by atoms with Crippen LogP contribution in [0.4, 0.5) is 0 Å². The number of ether oxygens (including phenoxy) is 2. The monoisotopic (exact) mass is 493 g/mol. The number of methoxy groups -OCH3 is 2. The van der Waals surface area contributed by atoms with Crippen LogP contribution in [0.5, 0.6) is 11.5 Å². The first-order chi connectivity index (χ1) is 15.8. The summed E-state index contributed by atoms with van der Waals surface area (Å²) in [5, 5.41) is 0.488. The number of sulfonamides is 1. The standard InChI is InChI=1S/C23H28ClN3O5S/c1-31-21-13-17-7-8-25(15-18(17)14-22(21)32-2)16-23(28)26-9-11-27(12-10-26)33(29,30)20-5-3-19(24)4-6-20/h3-6,13-14H,7-12,15-16H2,1-2H3. The van der Waals surface area contributed by atoms with Crippen molar-refractivity contribution in [2.24, 2.45) is 0 Å². The smallest absolute Gasteiger partial charge is 0.243 e. The van der Waals surface area contributed by atoms with E-state index in [0.717, 1.165) is 18.5 Å². The van der Waals surface area contributed by atoms with E-state index in [-0.39, 0.29) is 23.9 Å².